The van der Waals surface area contributed by atoms with Gasteiger partial charge in [0.1, 0.15) is 0 Å². The zero-order chi connectivity index (χ0) is 13.6. The molecule has 2 saturated heterocycles. The van der Waals surface area contributed by atoms with Gasteiger partial charge in [0.2, 0.25) is 0 Å². The topological polar surface area (TPSA) is 24.5 Å². The van der Waals surface area contributed by atoms with Crippen LogP contribution in [0.2, 0.25) is 0 Å². The molecule has 112 valence electrons. The Hall–Kier alpha value is -0.120. The highest BCUT2D eigenvalue weighted by atomic mass is 16.5. The van der Waals surface area contributed by atoms with Crippen molar-refractivity contribution in [2.75, 3.05) is 39.4 Å². The largest absolute Gasteiger partial charge is 0.381 e. The number of ether oxygens (including phenoxy) is 1. The monoisotopic (exact) mass is 268 g/mol. The number of hydrogen-bond acceptors (Lipinski definition) is 3. The zero-order valence-electron chi connectivity index (χ0n) is 12.9. The molecule has 2 aliphatic heterocycles. The fourth-order valence-electron chi connectivity index (χ4n) is 3.78. The van der Waals surface area contributed by atoms with E-state index in [0.29, 0.717) is 5.41 Å². The summed E-state index contributed by atoms with van der Waals surface area (Å²) in [6, 6.07) is 0.814. The second kappa shape index (κ2) is 7.61. The lowest BCUT2D eigenvalue weighted by atomic mass is 9.80. The van der Waals surface area contributed by atoms with Crippen LogP contribution in [0.4, 0.5) is 0 Å². The molecule has 0 bridgehead atoms. The summed E-state index contributed by atoms with van der Waals surface area (Å²) in [6.07, 6.45) is 8.07. The molecule has 0 aliphatic carbocycles. The minimum atomic E-state index is 0.360. The van der Waals surface area contributed by atoms with E-state index >= 15 is 0 Å². The summed E-state index contributed by atoms with van der Waals surface area (Å²) in [5.41, 5.74) is 0.360. The molecule has 0 aromatic carbocycles. The standard InChI is InChI=1S/C16H32N2O/c1-3-15-8-5-6-10-18(15)13-16(12-17-4-2)9-7-11-19-14-16/h15,17H,3-14H2,1-2H3. The van der Waals surface area contributed by atoms with Crippen LogP contribution in [-0.2, 0) is 4.74 Å². The number of nitrogens with one attached hydrogen (secondary N) is 1. The molecule has 1 N–H and O–H groups in total. The van der Waals surface area contributed by atoms with Gasteiger partial charge >= 0.3 is 0 Å². The van der Waals surface area contributed by atoms with Crippen molar-refractivity contribution in [1.82, 2.24) is 10.2 Å². The lowest BCUT2D eigenvalue weighted by Gasteiger charge is -2.45. The predicted molar refractivity (Wildman–Crippen MR) is 80.5 cm³/mol. The molecule has 0 radical (unpaired) electrons. The smallest absolute Gasteiger partial charge is 0.0546 e. The van der Waals surface area contributed by atoms with Crippen LogP contribution in [0, 0.1) is 5.41 Å². The van der Waals surface area contributed by atoms with Crippen molar-refractivity contribution in [3.8, 4) is 0 Å². The molecule has 2 fully saturated rings. The zero-order valence-corrected chi connectivity index (χ0v) is 12.9. The van der Waals surface area contributed by atoms with E-state index in [9.17, 15) is 0 Å². The highest BCUT2D eigenvalue weighted by molar-refractivity contribution is 4.90. The highest BCUT2D eigenvalue weighted by Gasteiger charge is 2.36. The Bertz CT molecular complexity index is 251. The van der Waals surface area contributed by atoms with Gasteiger partial charge in [-0.15, -0.1) is 0 Å². The Morgan fingerprint density at radius 1 is 1.26 bits per heavy atom. The van der Waals surface area contributed by atoms with Crippen molar-refractivity contribution in [1.29, 1.82) is 0 Å². The van der Waals surface area contributed by atoms with E-state index in [1.54, 1.807) is 0 Å². The van der Waals surface area contributed by atoms with Crippen LogP contribution in [0.25, 0.3) is 0 Å². The molecule has 19 heavy (non-hydrogen) atoms. The Morgan fingerprint density at radius 3 is 2.84 bits per heavy atom. The Kier molecular flexibility index (Phi) is 6.11. The molecule has 2 heterocycles. The van der Waals surface area contributed by atoms with Gasteiger partial charge in [-0.2, -0.15) is 0 Å². The molecule has 3 heteroatoms. The summed E-state index contributed by atoms with van der Waals surface area (Å²) < 4.78 is 5.83. The third-order valence-electron chi connectivity index (χ3n) is 4.91. The number of hydrogen-bond donors (Lipinski definition) is 1. The maximum atomic E-state index is 5.83. The van der Waals surface area contributed by atoms with Crippen LogP contribution in [0.5, 0.6) is 0 Å². The van der Waals surface area contributed by atoms with Crippen molar-refractivity contribution < 1.29 is 4.74 Å². The van der Waals surface area contributed by atoms with Gasteiger partial charge in [0, 0.05) is 31.2 Å². The quantitative estimate of drug-likeness (QED) is 0.801. The number of nitrogens with zero attached hydrogens (tertiary/aromatic N) is 1. The molecule has 3 nitrogen and oxygen atoms in total. The molecular weight excluding hydrogens is 236 g/mol. The van der Waals surface area contributed by atoms with Crippen molar-refractivity contribution in [2.24, 2.45) is 5.41 Å². The van der Waals surface area contributed by atoms with Gasteiger partial charge in [-0.25, -0.2) is 0 Å². The van der Waals surface area contributed by atoms with Gasteiger partial charge in [-0.1, -0.05) is 20.3 Å². The van der Waals surface area contributed by atoms with E-state index in [0.717, 1.165) is 32.3 Å². The van der Waals surface area contributed by atoms with Crippen molar-refractivity contribution >= 4 is 0 Å². The minimum Gasteiger partial charge on any atom is -0.381 e. The fourth-order valence-corrected chi connectivity index (χ4v) is 3.78. The molecule has 2 rings (SSSR count). The van der Waals surface area contributed by atoms with Crippen molar-refractivity contribution in [3.05, 3.63) is 0 Å². The van der Waals surface area contributed by atoms with Gasteiger partial charge in [0.05, 0.1) is 6.61 Å². The number of piperidine rings is 1. The SMILES string of the molecule is CCNCC1(CN2CCCCC2CC)CCCOC1. The van der Waals surface area contributed by atoms with Crippen LogP contribution in [0.15, 0.2) is 0 Å². The van der Waals surface area contributed by atoms with E-state index < -0.39 is 0 Å². The summed E-state index contributed by atoms with van der Waals surface area (Å²) in [5.74, 6) is 0. The number of likely N-dealkylation sites (tertiary alicyclic amines) is 1. The van der Waals surface area contributed by atoms with Gasteiger partial charge < -0.3 is 10.1 Å². The lowest BCUT2D eigenvalue weighted by molar-refractivity contribution is -0.0377. The molecule has 0 saturated carbocycles. The van der Waals surface area contributed by atoms with Crippen molar-refractivity contribution in [3.63, 3.8) is 0 Å². The van der Waals surface area contributed by atoms with E-state index in [1.807, 2.05) is 0 Å². The first-order valence-electron chi connectivity index (χ1n) is 8.32. The van der Waals surface area contributed by atoms with E-state index in [-0.39, 0.29) is 0 Å². The molecule has 2 atom stereocenters. The normalized spacial score (nSPS) is 33.5. The first kappa shape index (κ1) is 15.3. The van der Waals surface area contributed by atoms with Crippen LogP contribution in [0.1, 0.15) is 52.4 Å². The first-order chi connectivity index (χ1) is 9.29. The third kappa shape index (κ3) is 4.17. The van der Waals surface area contributed by atoms with Crippen LogP contribution in [-0.4, -0.2) is 50.3 Å². The predicted octanol–water partition coefficient (Wildman–Crippen LogP) is 2.66. The highest BCUT2D eigenvalue weighted by Crippen LogP contribution is 2.32. The van der Waals surface area contributed by atoms with Crippen LogP contribution < -0.4 is 5.32 Å². The molecule has 0 aromatic rings. The molecule has 0 spiro atoms. The summed E-state index contributed by atoms with van der Waals surface area (Å²) in [4.78, 5) is 2.76. The molecule has 0 amide bonds. The second-order valence-electron chi connectivity index (χ2n) is 6.46. The second-order valence-corrected chi connectivity index (χ2v) is 6.46. The minimum absolute atomic E-state index is 0.360. The van der Waals surface area contributed by atoms with Crippen molar-refractivity contribution in [2.45, 2.75) is 58.4 Å². The number of rotatable bonds is 6. The fraction of sp³-hybridized carbons (Fsp3) is 1.00. The van der Waals surface area contributed by atoms with Gasteiger partial charge in [-0.05, 0) is 45.2 Å². The summed E-state index contributed by atoms with van der Waals surface area (Å²) in [7, 11) is 0. The molecular formula is C16H32N2O. The van der Waals surface area contributed by atoms with Gasteiger partial charge in [-0.3, -0.25) is 4.90 Å². The maximum Gasteiger partial charge on any atom is 0.0546 e. The Morgan fingerprint density at radius 2 is 2.16 bits per heavy atom. The third-order valence-corrected chi connectivity index (χ3v) is 4.91. The summed E-state index contributed by atoms with van der Waals surface area (Å²) in [5, 5.41) is 3.57. The van der Waals surface area contributed by atoms with Crippen LogP contribution >= 0.6 is 0 Å². The molecule has 2 unspecified atom stereocenters. The average molecular weight is 268 g/mol. The van der Waals surface area contributed by atoms with Gasteiger partial charge in [0.25, 0.3) is 0 Å². The molecule has 0 aromatic heterocycles. The molecule has 2 aliphatic rings. The van der Waals surface area contributed by atoms with E-state index in [2.05, 4.69) is 24.1 Å². The Labute approximate surface area is 119 Å². The summed E-state index contributed by atoms with van der Waals surface area (Å²) >= 11 is 0. The lowest BCUT2D eigenvalue weighted by Crippen LogP contribution is -2.52. The van der Waals surface area contributed by atoms with Gasteiger partial charge in [0.15, 0.2) is 0 Å². The first-order valence-corrected chi connectivity index (χ1v) is 8.32. The average Bonchev–Trinajstić information content (AvgIpc) is 2.47. The van der Waals surface area contributed by atoms with E-state index in [1.165, 1.54) is 51.6 Å². The maximum absolute atomic E-state index is 5.83. The Balaban J connectivity index is 1.97. The summed E-state index contributed by atoms with van der Waals surface area (Å²) in [6.45, 7) is 11.2. The van der Waals surface area contributed by atoms with Crippen LogP contribution in [0.3, 0.4) is 0 Å². The van der Waals surface area contributed by atoms with E-state index in [4.69, 9.17) is 4.74 Å².